The van der Waals surface area contributed by atoms with Gasteiger partial charge < -0.3 is 15.7 Å². The molecule has 2 atom stereocenters. The van der Waals surface area contributed by atoms with Crippen LogP contribution in [-0.2, 0) is 9.59 Å². The van der Waals surface area contributed by atoms with E-state index in [9.17, 15) is 14.7 Å². The minimum atomic E-state index is -0.839. The molecule has 0 bridgehead atoms. The minimum Gasteiger partial charge on any atom is -0.391 e. The zero-order valence-electron chi connectivity index (χ0n) is 12.8. The molecule has 1 aliphatic heterocycles. The van der Waals surface area contributed by atoms with Crippen molar-refractivity contribution >= 4 is 11.7 Å². The molecule has 0 aromatic heterocycles. The van der Waals surface area contributed by atoms with E-state index in [4.69, 9.17) is 5.73 Å². The number of hydrogen-bond acceptors (Lipinski definition) is 4. The summed E-state index contributed by atoms with van der Waals surface area (Å²) < 4.78 is 0. The second kappa shape index (κ2) is 7.74. The molecule has 0 aromatic carbocycles. The first-order valence-corrected chi connectivity index (χ1v) is 7.55. The molecule has 1 saturated heterocycles. The molecule has 5 heteroatoms. The highest BCUT2D eigenvalue weighted by Gasteiger charge is 2.29. The molecule has 0 radical (unpaired) electrons. The largest absolute Gasteiger partial charge is 0.391 e. The zero-order valence-corrected chi connectivity index (χ0v) is 12.8. The number of carbonyl (C=O) groups is 2. The van der Waals surface area contributed by atoms with Crippen molar-refractivity contribution < 1.29 is 14.7 Å². The summed E-state index contributed by atoms with van der Waals surface area (Å²) in [5, 5.41) is 9.36. The maximum Gasteiger partial charge on any atom is 0.242 e. The van der Waals surface area contributed by atoms with Gasteiger partial charge in [-0.05, 0) is 31.6 Å². The Morgan fingerprint density at radius 3 is 2.25 bits per heavy atom. The van der Waals surface area contributed by atoms with Crippen LogP contribution in [0, 0.1) is 11.8 Å². The van der Waals surface area contributed by atoms with Gasteiger partial charge in [0, 0.05) is 25.9 Å². The number of piperidine rings is 1. The van der Waals surface area contributed by atoms with Gasteiger partial charge in [0.2, 0.25) is 5.91 Å². The van der Waals surface area contributed by atoms with Crippen molar-refractivity contribution in [3.05, 3.63) is 0 Å². The Bertz CT molecular complexity index is 334. The van der Waals surface area contributed by atoms with Crippen LogP contribution in [0.3, 0.4) is 0 Å². The lowest BCUT2D eigenvalue weighted by molar-refractivity contribution is -0.136. The van der Waals surface area contributed by atoms with Crippen LogP contribution in [-0.4, -0.2) is 46.9 Å². The summed E-state index contributed by atoms with van der Waals surface area (Å²) in [4.78, 5) is 25.5. The van der Waals surface area contributed by atoms with Gasteiger partial charge in [-0.3, -0.25) is 9.59 Å². The second-order valence-electron chi connectivity index (χ2n) is 6.38. The number of amides is 1. The summed E-state index contributed by atoms with van der Waals surface area (Å²) in [7, 11) is 0. The second-order valence-corrected chi connectivity index (χ2v) is 6.38. The van der Waals surface area contributed by atoms with Gasteiger partial charge in [0.05, 0.1) is 6.10 Å². The van der Waals surface area contributed by atoms with Crippen molar-refractivity contribution in [2.45, 2.75) is 58.6 Å². The van der Waals surface area contributed by atoms with Crippen molar-refractivity contribution in [2.75, 3.05) is 13.1 Å². The zero-order chi connectivity index (χ0) is 15.3. The lowest BCUT2D eigenvalue weighted by Crippen LogP contribution is -2.51. The number of nitrogens with zero attached hydrogens (tertiary/aromatic N) is 1. The average molecular weight is 284 g/mol. The van der Waals surface area contributed by atoms with E-state index in [0.717, 1.165) is 12.8 Å². The van der Waals surface area contributed by atoms with Gasteiger partial charge in [-0.1, -0.05) is 13.8 Å². The van der Waals surface area contributed by atoms with Crippen molar-refractivity contribution in [1.29, 1.82) is 0 Å². The van der Waals surface area contributed by atoms with Gasteiger partial charge in [0.1, 0.15) is 11.8 Å². The lowest BCUT2D eigenvalue weighted by atomic mass is 9.89. The minimum absolute atomic E-state index is 0.188. The Balaban J connectivity index is 2.36. The number of likely N-dealkylation sites (tertiary alicyclic amines) is 1. The van der Waals surface area contributed by atoms with Crippen LogP contribution < -0.4 is 5.73 Å². The number of ketones is 1. The normalized spacial score (nSPS) is 20.0. The van der Waals surface area contributed by atoms with E-state index in [1.54, 1.807) is 4.90 Å². The highest BCUT2D eigenvalue weighted by Crippen LogP contribution is 2.22. The summed E-state index contributed by atoms with van der Waals surface area (Å²) in [5.41, 5.74) is 5.67. The molecule has 1 fully saturated rings. The van der Waals surface area contributed by atoms with E-state index in [1.165, 1.54) is 6.92 Å². The monoisotopic (exact) mass is 284 g/mol. The van der Waals surface area contributed by atoms with Crippen LogP contribution >= 0.6 is 0 Å². The quantitative estimate of drug-likeness (QED) is 0.760. The summed E-state index contributed by atoms with van der Waals surface area (Å²) in [6, 6.07) is -0.839. The third-order valence-corrected chi connectivity index (χ3v) is 3.88. The molecular weight excluding hydrogens is 256 g/mol. The molecule has 5 nitrogen and oxygen atoms in total. The first-order valence-electron chi connectivity index (χ1n) is 7.55. The number of hydrogen-bond donors (Lipinski definition) is 2. The molecule has 20 heavy (non-hydrogen) atoms. The van der Waals surface area contributed by atoms with Crippen LogP contribution in [0.15, 0.2) is 0 Å². The molecule has 2 unspecified atom stereocenters. The molecule has 1 amide bonds. The van der Waals surface area contributed by atoms with E-state index in [-0.39, 0.29) is 5.91 Å². The summed E-state index contributed by atoms with van der Waals surface area (Å²) in [5.74, 6) is 0.929. The number of aliphatic hydroxyl groups excluding tert-OH is 1. The fourth-order valence-corrected chi connectivity index (χ4v) is 2.64. The molecule has 1 heterocycles. The number of nitrogens with two attached hydrogens (primary N) is 1. The maximum atomic E-state index is 12.0. The number of aliphatic hydroxyl groups is 1. The SMILES string of the molecule is CC(C)CC(=O)CC1CCN(C(=O)C(N)C(C)O)CC1. The highest BCUT2D eigenvalue weighted by atomic mass is 16.3. The molecule has 1 aliphatic rings. The number of rotatable bonds is 6. The molecule has 116 valence electrons. The molecule has 0 spiro atoms. The Kier molecular flexibility index (Phi) is 6.62. The first-order chi connectivity index (χ1) is 9.31. The lowest BCUT2D eigenvalue weighted by Gasteiger charge is -2.33. The van der Waals surface area contributed by atoms with Gasteiger partial charge in [0.25, 0.3) is 0 Å². The van der Waals surface area contributed by atoms with Crippen LogP contribution in [0.25, 0.3) is 0 Å². The predicted molar refractivity (Wildman–Crippen MR) is 78.0 cm³/mol. The Morgan fingerprint density at radius 2 is 1.80 bits per heavy atom. The average Bonchev–Trinajstić information content (AvgIpc) is 2.36. The van der Waals surface area contributed by atoms with Crippen molar-refractivity contribution in [2.24, 2.45) is 17.6 Å². The first kappa shape index (κ1) is 17.1. The van der Waals surface area contributed by atoms with E-state index in [2.05, 4.69) is 13.8 Å². The predicted octanol–water partition coefficient (Wildman–Crippen LogP) is 0.938. The van der Waals surface area contributed by atoms with Crippen molar-refractivity contribution in [1.82, 2.24) is 4.90 Å². The molecule has 0 saturated carbocycles. The fourth-order valence-electron chi connectivity index (χ4n) is 2.64. The highest BCUT2D eigenvalue weighted by molar-refractivity contribution is 5.82. The summed E-state index contributed by atoms with van der Waals surface area (Å²) in [6.45, 7) is 6.91. The number of Topliss-reactive ketones (excluding diaryl/α,β-unsaturated/α-hetero) is 1. The third-order valence-electron chi connectivity index (χ3n) is 3.88. The van der Waals surface area contributed by atoms with Gasteiger partial charge in [-0.25, -0.2) is 0 Å². The Hall–Kier alpha value is -0.940. The van der Waals surface area contributed by atoms with E-state index >= 15 is 0 Å². The summed E-state index contributed by atoms with van der Waals surface area (Å²) >= 11 is 0. The van der Waals surface area contributed by atoms with Crippen molar-refractivity contribution in [3.63, 3.8) is 0 Å². The Morgan fingerprint density at radius 1 is 1.25 bits per heavy atom. The van der Waals surface area contributed by atoms with Gasteiger partial charge in [-0.15, -0.1) is 0 Å². The Labute approximate surface area is 121 Å². The number of carbonyl (C=O) groups excluding carboxylic acids is 2. The summed E-state index contributed by atoms with van der Waals surface area (Å²) in [6.07, 6.45) is 2.15. The molecular formula is C15H28N2O3. The van der Waals surface area contributed by atoms with E-state index in [1.807, 2.05) is 0 Å². The van der Waals surface area contributed by atoms with E-state index < -0.39 is 12.1 Å². The van der Waals surface area contributed by atoms with Crippen molar-refractivity contribution in [3.8, 4) is 0 Å². The van der Waals surface area contributed by atoms with Gasteiger partial charge >= 0.3 is 0 Å². The topological polar surface area (TPSA) is 83.6 Å². The standard InChI is InChI=1S/C15H28N2O3/c1-10(2)8-13(19)9-12-4-6-17(7-5-12)15(20)14(16)11(3)18/h10-12,14,18H,4-9,16H2,1-3H3. The van der Waals surface area contributed by atoms with Gasteiger partial charge in [-0.2, -0.15) is 0 Å². The fraction of sp³-hybridized carbons (Fsp3) is 0.867. The third kappa shape index (κ3) is 5.21. The smallest absolute Gasteiger partial charge is 0.242 e. The van der Waals surface area contributed by atoms with Gasteiger partial charge in [0.15, 0.2) is 0 Å². The maximum absolute atomic E-state index is 12.0. The molecule has 0 aliphatic carbocycles. The molecule has 1 rings (SSSR count). The van der Waals surface area contributed by atoms with Crippen LogP contribution in [0.5, 0.6) is 0 Å². The molecule has 0 aromatic rings. The van der Waals surface area contributed by atoms with Crippen LogP contribution in [0.4, 0.5) is 0 Å². The van der Waals surface area contributed by atoms with E-state index in [0.29, 0.717) is 43.6 Å². The van der Waals surface area contributed by atoms with Crippen LogP contribution in [0.1, 0.15) is 46.5 Å². The molecule has 3 N–H and O–H groups in total. The van der Waals surface area contributed by atoms with Crippen LogP contribution in [0.2, 0.25) is 0 Å².